The van der Waals surface area contributed by atoms with Gasteiger partial charge < -0.3 is 14.3 Å². The molecule has 4 nitrogen and oxygen atoms in total. The Morgan fingerprint density at radius 1 is 0.935 bits per heavy atom. The highest BCUT2D eigenvalue weighted by atomic mass is 16.5. The molecule has 5 aromatic rings. The fraction of sp³-hybridized carbons (Fsp3) is 0.310. The van der Waals surface area contributed by atoms with Gasteiger partial charge in [-0.05, 0) is 64.9 Å². The number of piperidine rings is 3. The van der Waals surface area contributed by atoms with Crippen LogP contribution >= 0.6 is 0 Å². The number of pyridine rings is 1. The van der Waals surface area contributed by atoms with E-state index in [0.717, 1.165) is 51.8 Å². The second kappa shape index (κ2) is 12.8. The normalized spacial score (nSPS) is 22.3. The highest BCUT2D eigenvalue weighted by Crippen LogP contribution is 2.47. The zero-order valence-corrected chi connectivity index (χ0v) is 27.1. The number of phenolic OH excluding ortho intramolecular Hbond substituents is 1. The number of benzene rings is 4. The van der Waals surface area contributed by atoms with Crippen LogP contribution in [0.2, 0.25) is 0 Å². The summed E-state index contributed by atoms with van der Waals surface area (Å²) in [4.78, 5) is 4.60. The lowest BCUT2D eigenvalue weighted by Crippen LogP contribution is -2.66. The van der Waals surface area contributed by atoms with E-state index < -0.39 is 0 Å². The summed E-state index contributed by atoms with van der Waals surface area (Å²) in [6.07, 6.45) is 7.54. The lowest BCUT2D eigenvalue weighted by atomic mass is 9.71. The first-order chi connectivity index (χ1) is 22.4. The Morgan fingerprint density at radius 3 is 2.28 bits per heavy atom. The minimum absolute atomic E-state index is 0.296. The van der Waals surface area contributed by atoms with E-state index in [-0.39, 0.29) is 0 Å². The molecule has 1 N–H and O–H groups in total. The average Bonchev–Trinajstić information content (AvgIpc) is 3.08. The Morgan fingerprint density at radius 2 is 1.63 bits per heavy atom. The number of aromatic hydroxyl groups is 1. The predicted molar refractivity (Wildman–Crippen MR) is 189 cm³/mol. The van der Waals surface area contributed by atoms with Gasteiger partial charge in [-0.3, -0.25) is 4.98 Å². The van der Waals surface area contributed by atoms with Crippen LogP contribution in [-0.2, 0) is 13.0 Å². The van der Waals surface area contributed by atoms with Crippen LogP contribution in [0.5, 0.6) is 11.5 Å². The van der Waals surface area contributed by atoms with Gasteiger partial charge in [-0.2, -0.15) is 0 Å². The lowest BCUT2D eigenvalue weighted by molar-refractivity contribution is -0.981. The summed E-state index contributed by atoms with van der Waals surface area (Å²) < 4.78 is 7.73. The third kappa shape index (κ3) is 5.94. The second-order valence-corrected chi connectivity index (χ2v) is 14.0. The van der Waals surface area contributed by atoms with Gasteiger partial charge in [0.2, 0.25) is 0 Å². The van der Waals surface area contributed by atoms with Gasteiger partial charge in [0.1, 0.15) is 18.0 Å². The summed E-state index contributed by atoms with van der Waals surface area (Å²) in [6, 6.07) is 34.5. The number of hydrogen-bond donors (Lipinski definition) is 1. The third-order valence-electron chi connectivity index (χ3n) is 10.4. The number of rotatable bonds is 10. The van der Waals surface area contributed by atoms with E-state index in [4.69, 9.17) is 4.74 Å². The van der Waals surface area contributed by atoms with Crippen LogP contribution in [0.1, 0.15) is 37.8 Å². The topological polar surface area (TPSA) is 42.4 Å². The van der Waals surface area contributed by atoms with Crippen LogP contribution in [0, 0.1) is 17.8 Å². The maximum absolute atomic E-state index is 10.4. The van der Waals surface area contributed by atoms with Crippen molar-refractivity contribution in [1.29, 1.82) is 0 Å². The summed E-state index contributed by atoms with van der Waals surface area (Å²) >= 11 is 0. The first kappa shape index (κ1) is 30.3. The molecule has 4 heteroatoms. The van der Waals surface area contributed by atoms with Gasteiger partial charge in [-0.25, -0.2) is 0 Å². The molecule has 2 bridgehead atoms. The Kier molecular flexibility index (Phi) is 8.40. The molecule has 3 aliphatic heterocycles. The van der Waals surface area contributed by atoms with Crippen LogP contribution in [0.4, 0.5) is 0 Å². The maximum atomic E-state index is 10.4. The number of nitrogens with zero attached hydrogens (tertiary/aromatic N) is 2. The van der Waals surface area contributed by atoms with Gasteiger partial charge in [-0.1, -0.05) is 80.6 Å². The number of ether oxygens (including phenoxy) is 1. The predicted octanol–water partition coefficient (Wildman–Crippen LogP) is 9.46. The van der Waals surface area contributed by atoms with Crippen molar-refractivity contribution in [3.05, 3.63) is 127 Å². The highest BCUT2D eigenvalue weighted by molar-refractivity contribution is 5.84. The number of quaternary nitrogens is 1. The third-order valence-corrected chi connectivity index (χ3v) is 10.4. The van der Waals surface area contributed by atoms with E-state index in [1.54, 1.807) is 6.07 Å². The Hall–Kier alpha value is -4.41. The van der Waals surface area contributed by atoms with Gasteiger partial charge in [0.05, 0.1) is 31.3 Å². The molecule has 0 spiro atoms. The zero-order valence-electron chi connectivity index (χ0n) is 27.1. The molecule has 234 valence electrons. The summed E-state index contributed by atoms with van der Waals surface area (Å²) in [6.45, 7) is 12.6. The van der Waals surface area contributed by atoms with Crippen LogP contribution in [0.25, 0.3) is 33.2 Å². The molecular formula is C42H45N2O2+. The molecule has 3 saturated heterocycles. The van der Waals surface area contributed by atoms with E-state index >= 15 is 0 Å². The molecule has 4 aromatic carbocycles. The summed E-state index contributed by atoms with van der Waals surface area (Å²) in [5, 5.41) is 11.4. The Balaban J connectivity index is 1.34. The molecule has 3 aliphatic rings. The van der Waals surface area contributed by atoms with Crippen LogP contribution in [0.15, 0.2) is 116 Å². The second-order valence-electron chi connectivity index (χ2n) is 14.0. The molecular weight excluding hydrogens is 564 g/mol. The van der Waals surface area contributed by atoms with Crippen molar-refractivity contribution in [1.82, 2.24) is 4.98 Å². The smallest absolute Gasteiger partial charge is 0.134 e. The zero-order chi connectivity index (χ0) is 31.7. The molecule has 0 saturated carbocycles. The minimum atomic E-state index is 0.296. The van der Waals surface area contributed by atoms with Gasteiger partial charge in [0.15, 0.2) is 0 Å². The summed E-state index contributed by atoms with van der Waals surface area (Å²) in [5.74, 6) is 2.89. The fourth-order valence-electron chi connectivity index (χ4n) is 8.15. The van der Waals surface area contributed by atoms with Crippen molar-refractivity contribution in [2.75, 3.05) is 19.7 Å². The highest BCUT2D eigenvalue weighted by Gasteiger charge is 2.51. The minimum Gasteiger partial charge on any atom is -0.508 e. The Bertz CT molecular complexity index is 1770. The largest absolute Gasteiger partial charge is 0.508 e. The first-order valence-corrected chi connectivity index (χ1v) is 16.9. The number of phenols is 1. The summed E-state index contributed by atoms with van der Waals surface area (Å²) in [7, 11) is 0. The van der Waals surface area contributed by atoms with Crippen LogP contribution < -0.4 is 4.74 Å². The lowest BCUT2D eigenvalue weighted by Gasteiger charge is -2.57. The maximum Gasteiger partial charge on any atom is 0.134 e. The number of fused-ring (bicyclic) bond motifs is 4. The van der Waals surface area contributed by atoms with E-state index in [2.05, 4.69) is 110 Å². The van der Waals surface area contributed by atoms with Gasteiger partial charge in [0.25, 0.3) is 0 Å². The van der Waals surface area contributed by atoms with Crippen molar-refractivity contribution in [2.24, 2.45) is 17.8 Å². The van der Waals surface area contributed by atoms with Gasteiger partial charge in [-0.15, -0.1) is 6.58 Å². The fourth-order valence-corrected chi connectivity index (χ4v) is 8.15. The average molecular weight is 610 g/mol. The standard InChI is InChI=1S/C42H44N2O2/c1-4-31-27-44(20-18-34(31)23-36(44)24-35-17-19-43-41-16-15-37(45)25-38(35)41)26-30-21-39(32-11-7-5-8-12-32)42(46-28-29(2)3)40(22-30)33-13-9-6-10-14-33/h4-17,19,21-22,25,29,31,34,36H,1,18,20,23-24,26-28H2,2-3H3/p+1. The molecule has 3 fully saturated rings. The Labute approximate surface area is 273 Å². The summed E-state index contributed by atoms with van der Waals surface area (Å²) in [5.41, 5.74) is 8.25. The molecule has 4 atom stereocenters. The van der Waals surface area contributed by atoms with Gasteiger partial charge in [0, 0.05) is 53.5 Å². The van der Waals surface area contributed by atoms with E-state index in [0.29, 0.717) is 36.2 Å². The first-order valence-electron chi connectivity index (χ1n) is 16.9. The molecule has 0 amide bonds. The van der Waals surface area contributed by atoms with Crippen LogP contribution in [-0.4, -0.2) is 40.3 Å². The molecule has 0 aliphatic carbocycles. The molecule has 46 heavy (non-hydrogen) atoms. The quantitative estimate of drug-likeness (QED) is 0.127. The molecule has 4 unspecified atom stereocenters. The number of aromatic nitrogens is 1. The van der Waals surface area contributed by atoms with E-state index in [9.17, 15) is 5.11 Å². The van der Waals surface area contributed by atoms with E-state index in [1.807, 2.05) is 18.3 Å². The SMILES string of the molecule is C=CC1C[N+]2(Cc3cc(-c4ccccc4)c(OCC(C)C)c(-c4ccccc4)c3)CCC1CC2Cc1ccnc2ccc(O)cc12. The molecule has 8 rings (SSSR count). The monoisotopic (exact) mass is 609 g/mol. The van der Waals surface area contributed by atoms with E-state index in [1.165, 1.54) is 41.6 Å². The molecule has 0 radical (unpaired) electrons. The van der Waals surface area contributed by atoms with Gasteiger partial charge >= 0.3 is 0 Å². The van der Waals surface area contributed by atoms with Crippen molar-refractivity contribution in [2.45, 2.75) is 45.7 Å². The van der Waals surface area contributed by atoms with Crippen LogP contribution in [0.3, 0.4) is 0 Å². The van der Waals surface area contributed by atoms with Crippen molar-refractivity contribution in [3.63, 3.8) is 0 Å². The molecule has 4 heterocycles. The number of hydrogen-bond acceptors (Lipinski definition) is 3. The molecule has 1 aromatic heterocycles. The van der Waals surface area contributed by atoms with Crippen molar-refractivity contribution < 1.29 is 14.3 Å². The van der Waals surface area contributed by atoms with Crippen molar-refractivity contribution >= 4 is 10.9 Å². The van der Waals surface area contributed by atoms with Crippen molar-refractivity contribution in [3.8, 4) is 33.8 Å².